The average molecular weight is 543 g/mol. The van der Waals surface area contributed by atoms with E-state index in [1.807, 2.05) is 31.2 Å². The maximum Gasteiger partial charge on any atom is 0.339 e. The summed E-state index contributed by atoms with van der Waals surface area (Å²) in [5, 5.41) is 10.2. The number of hydrogen-bond acceptors (Lipinski definition) is 6. The monoisotopic (exact) mass is 542 g/mol. The van der Waals surface area contributed by atoms with E-state index in [4.69, 9.17) is 14.5 Å². The molecule has 3 aromatic rings. The molecule has 2 bridgehead atoms. The number of halogens is 1. The molecule has 4 aliphatic rings. The second-order valence-electron chi connectivity index (χ2n) is 11.8. The number of pyridine rings is 1. The number of aryl methyl sites for hydroxylation is 1. The second-order valence-corrected chi connectivity index (χ2v) is 11.8. The van der Waals surface area contributed by atoms with Crippen molar-refractivity contribution < 1.29 is 23.8 Å². The van der Waals surface area contributed by atoms with Crippen LogP contribution in [0, 0.1) is 18.7 Å². The molecule has 40 heavy (non-hydrogen) atoms. The molecule has 1 saturated carbocycles. The van der Waals surface area contributed by atoms with Crippen molar-refractivity contribution in [3.63, 3.8) is 0 Å². The molecular formula is C33H35FN2O4. The van der Waals surface area contributed by atoms with Gasteiger partial charge in [-0.05, 0) is 86.9 Å². The summed E-state index contributed by atoms with van der Waals surface area (Å²) in [5.74, 6) is 0.188. The first-order valence-electron chi connectivity index (χ1n) is 14.5. The van der Waals surface area contributed by atoms with E-state index in [9.17, 15) is 9.90 Å². The third-order valence-electron chi connectivity index (χ3n) is 9.60. The van der Waals surface area contributed by atoms with Crippen molar-refractivity contribution in [1.29, 1.82) is 0 Å². The summed E-state index contributed by atoms with van der Waals surface area (Å²) in [5.41, 5.74) is 4.39. The van der Waals surface area contributed by atoms with Gasteiger partial charge in [-0.3, -0.25) is 0 Å². The van der Waals surface area contributed by atoms with E-state index >= 15 is 4.39 Å². The van der Waals surface area contributed by atoms with Crippen LogP contribution in [-0.4, -0.2) is 46.5 Å². The van der Waals surface area contributed by atoms with Crippen molar-refractivity contribution in [1.82, 2.24) is 4.98 Å². The van der Waals surface area contributed by atoms with E-state index in [2.05, 4.69) is 23.1 Å². The number of aliphatic hydroxyl groups is 1. The number of ether oxygens (including phenoxy) is 2. The van der Waals surface area contributed by atoms with Crippen LogP contribution in [0.4, 0.5) is 10.2 Å². The Morgan fingerprint density at radius 1 is 1.12 bits per heavy atom. The van der Waals surface area contributed by atoms with E-state index < -0.39 is 5.60 Å². The number of anilines is 1. The third-order valence-corrected chi connectivity index (χ3v) is 9.60. The van der Waals surface area contributed by atoms with Gasteiger partial charge in [0.05, 0.1) is 19.3 Å². The van der Waals surface area contributed by atoms with Gasteiger partial charge >= 0.3 is 5.97 Å². The Kier molecular flexibility index (Phi) is 6.20. The van der Waals surface area contributed by atoms with Crippen molar-refractivity contribution in [3.8, 4) is 11.1 Å². The van der Waals surface area contributed by atoms with E-state index in [0.29, 0.717) is 17.6 Å². The fourth-order valence-electron chi connectivity index (χ4n) is 7.76. The van der Waals surface area contributed by atoms with E-state index in [0.717, 1.165) is 60.3 Å². The zero-order chi connectivity index (χ0) is 27.6. The van der Waals surface area contributed by atoms with E-state index in [1.54, 1.807) is 13.0 Å². The van der Waals surface area contributed by atoms with Gasteiger partial charge in [-0.15, -0.1) is 0 Å². The highest BCUT2D eigenvalue weighted by atomic mass is 19.1. The summed E-state index contributed by atoms with van der Waals surface area (Å²) in [7, 11) is 0. The maximum absolute atomic E-state index is 15.1. The highest BCUT2D eigenvalue weighted by molar-refractivity contribution is 5.88. The molecule has 2 aromatic carbocycles. The first-order valence-corrected chi connectivity index (χ1v) is 14.5. The van der Waals surface area contributed by atoms with Gasteiger partial charge in [-0.1, -0.05) is 30.3 Å². The number of hydrogen-bond donors (Lipinski definition) is 1. The Hall–Kier alpha value is -3.29. The molecule has 2 saturated heterocycles. The molecule has 3 heterocycles. The molecule has 5 atom stereocenters. The largest absolute Gasteiger partial charge is 0.464 e. The SMILES string of the molecule is CCOC(=O)C1(OCc2cc(-c3ccc(N4C5CCC4CC(O)C5)nc3C)ccc2F)C2Cc3ccccc3C21. The van der Waals surface area contributed by atoms with Crippen molar-refractivity contribution in [3.05, 3.63) is 82.8 Å². The van der Waals surface area contributed by atoms with Crippen LogP contribution in [0.1, 0.15) is 60.9 Å². The Morgan fingerprint density at radius 3 is 2.65 bits per heavy atom. The van der Waals surface area contributed by atoms with Crippen LogP contribution in [0.15, 0.2) is 54.6 Å². The Bertz CT molecular complexity index is 1460. The van der Waals surface area contributed by atoms with Gasteiger partial charge in [-0.25, -0.2) is 14.2 Å². The number of carbonyl (C=O) groups excluding carboxylic acids is 1. The van der Waals surface area contributed by atoms with Crippen LogP contribution in [0.2, 0.25) is 0 Å². The van der Waals surface area contributed by atoms with Crippen LogP contribution < -0.4 is 4.90 Å². The van der Waals surface area contributed by atoms with Crippen molar-refractivity contribution in [2.24, 2.45) is 5.92 Å². The normalized spacial score (nSPS) is 29.7. The molecule has 1 aromatic heterocycles. The van der Waals surface area contributed by atoms with Gasteiger partial charge in [0, 0.05) is 40.7 Å². The molecule has 5 unspecified atom stereocenters. The minimum absolute atomic E-state index is 0.0142. The van der Waals surface area contributed by atoms with Gasteiger partial charge < -0.3 is 19.5 Å². The Balaban J connectivity index is 1.13. The minimum atomic E-state index is -1.06. The number of esters is 1. The number of piperidine rings is 1. The predicted octanol–water partition coefficient (Wildman–Crippen LogP) is 5.48. The van der Waals surface area contributed by atoms with Crippen LogP contribution in [0.5, 0.6) is 0 Å². The smallest absolute Gasteiger partial charge is 0.339 e. The topological polar surface area (TPSA) is 71.9 Å². The van der Waals surface area contributed by atoms with Crippen LogP contribution in [-0.2, 0) is 27.3 Å². The summed E-state index contributed by atoms with van der Waals surface area (Å²) in [6, 6.07) is 18.0. The third kappa shape index (κ3) is 3.97. The van der Waals surface area contributed by atoms with E-state index in [-0.39, 0.29) is 42.9 Å². The Morgan fingerprint density at radius 2 is 1.90 bits per heavy atom. The second kappa shape index (κ2) is 9.67. The van der Waals surface area contributed by atoms with Gasteiger partial charge in [0.15, 0.2) is 5.60 Å². The van der Waals surface area contributed by atoms with Gasteiger partial charge in [0.2, 0.25) is 0 Å². The van der Waals surface area contributed by atoms with Crippen molar-refractivity contribution in [2.45, 2.75) is 82.3 Å². The minimum Gasteiger partial charge on any atom is -0.464 e. The standard InChI is InChI=1S/C33H35FN2O4/c1-3-39-32(38)33(28-15-20-6-4-5-7-27(20)31(28)33)40-18-22-14-21(8-12-29(22)34)26-11-13-30(35-19(26)2)36-23-9-10-24(36)17-25(37)16-23/h4-8,11-14,23-25,28,31,37H,3,9-10,15-18H2,1-2H3. The number of aromatic nitrogens is 1. The molecule has 3 fully saturated rings. The molecule has 2 aliphatic heterocycles. The summed E-state index contributed by atoms with van der Waals surface area (Å²) >= 11 is 0. The average Bonchev–Trinajstić information content (AvgIpc) is 3.24. The molecule has 1 N–H and O–H groups in total. The maximum atomic E-state index is 15.1. The van der Waals surface area contributed by atoms with Gasteiger partial charge in [0.1, 0.15) is 11.6 Å². The summed E-state index contributed by atoms with van der Waals surface area (Å²) in [6.45, 7) is 4.04. The number of fused-ring (bicyclic) bond motifs is 5. The van der Waals surface area contributed by atoms with Crippen LogP contribution >= 0.6 is 0 Å². The van der Waals surface area contributed by atoms with Gasteiger partial charge in [-0.2, -0.15) is 0 Å². The molecule has 7 heteroatoms. The van der Waals surface area contributed by atoms with Crippen molar-refractivity contribution >= 4 is 11.8 Å². The first-order chi connectivity index (χ1) is 19.4. The number of rotatable bonds is 7. The number of aliphatic hydroxyl groups excluding tert-OH is 1. The van der Waals surface area contributed by atoms with Crippen LogP contribution in [0.25, 0.3) is 11.1 Å². The summed E-state index contributed by atoms with van der Waals surface area (Å²) in [6.07, 6.45) is 4.30. The molecular weight excluding hydrogens is 507 g/mol. The zero-order valence-electron chi connectivity index (χ0n) is 23.0. The molecule has 0 spiro atoms. The highest BCUT2D eigenvalue weighted by Crippen LogP contribution is 2.67. The lowest BCUT2D eigenvalue weighted by atomic mass is 9.98. The zero-order valence-corrected chi connectivity index (χ0v) is 23.0. The van der Waals surface area contributed by atoms with Crippen LogP contribution in [0.3, 0.4) is 0 Å². The molecule has 2 aliphatic carbocycles. The summed E-state index contributed by atoms with van der Waals surface area (Å²) < 4.78 is 26.9. The molecule has 0 radical (unpaired) electrons. The first kappa shape index (κ1) is 25.7. The molecule has 7 rings (SSSR count). The molecule has 6 nitrogen and oxygen atoms in total. The predicted molar refractivity (Wildman–Crippen MR) is 149 cm³/mol. The highest BCUT2D eigenvalue weighted by Gasteiger charge is 2.75. The lowest BCUT2D eigenvalue weighted by Crippen LogP contribution is -2.45. The van der Waals surface area contributed by atoms with Gasteiger partial charge in [0.25, 0.3) is 0 Å². The lowest BCUT2D eigenvalue weighted by Gasteiger charge is -2.38. The number of nitrogens with zero attached hydrogens (tertiary/aromatic N) is 2. The fourth-order valence-corrected chi connectivity index (χ4v) is 7.76. The number of benzene rings is 2. The number of carbonyl (C=O) groups is 1. The lowest BCUT2D eigenvalue weighted by molar-refractivity contribution is -0.163. The molecule has 0 amide bonds. The quantitative estimate of drug-likeness (QED) is 0.399. The molecule has 208 valence electrons. The van der Waals surface area contributed by atoms with Crippen molar-refractivity contribution in [2.75, 3.05) is 11.5 Å². The fraction of sp³-hybridized carbons (Fsp3) is 0.455. The summed E-state index contributed by atoms with van der Waals surface area (Å²) in [4.78, 5) is 20.5. The Labute approximate surface area is 234 Å². The van der Waals surface area contributed by atoms with E-state index in [1.165, 1.54) is 11.6 Å².